The third-order valence-corrected chi connectivity index (χ3v) is 7.78. The van der Waals surface area contributed by atoms with Crippen molar-refractivity contribution < 1.29 is 14.6 Å². The molecule has 1 heterocycles. The molecule has 0 radical (unpaired) electrons. The molecule has 9 heteroatoms. The van der Waals surface area contributed by atoms with E-state index in [9.17, 15) is 9.90 Å². The van der Waals surface area contributed by atoms with Gasteiger partial charge in [-0.25, -0.2) is 9.78 Å². The number of hydrogen-bond donors (Lipinski definition) is 3. The molecule has 4 aromatic rings. The van der Waals surface area contributed by atoms with Crippen LogP contribution in [0, 0.1) is 19.8 Å². The monoisotopic (exact) mass is 634 g/mol. The van der Waals surface area contributed by atoms with Gasteiger partial charge in [0, 0.05) is 33.6 Å². The fraction of sp³-hybridized carbons (Fsp3) is 0.281. The highest BCUT2D eigenvalue weighted by atomic mass is 79.9. The summed E-state index contributed by atoms with van der Waals surface area (Å²) < 4.78 is 10.6. The average molecular weight is 636 g/mol. The molecule has 0 saturated heterocycles. The predicted octanol–water partition coefficient (Wildman–Crippen LogP) is 7.92. The molecule has 0 aliphatic heterocycles. The van der Waals surface area contributed by atoms with Crippen LogP contribution in [-0.4, -0.2) is 33.7 Å². The van der Waals surface area contributed by atoms with E-state index < -0.39 is 5.97 Å². The molecule has 0 bridgehead atoms. The number of nitrogens with zero attached hydrogens (tertiary/aromatic N) is 2. The number of carboxylic acids is 1. The summed E-state index contributed by atoms with van der Waals surface area (Å²) in [7, 11) is 0. The number of nitrogens with one attached hydrogen (secondary N) is 2. The van der Waals surface area contributed by atoms with Crippen molar-refractivity contribution in [3.8, 4) is 17.1 Å². The lowest BCUT2D eigenvalue weighted by molar-refractivity contribution is 0.0696. The van der Waals surface area contributed by atoms with Gasteiger partial charge in [-0.1, -0.05) is 66.2 Å². The topological polar surface area (TPSA) is 96.4 Å². The zero-order valence-corrected chi connectivity index (χ0v) is 26.1. The van der Waals surface area contributed by atoms with Gasteiger partial charge in [0.05, 0.1) is 11.3 Å². The molecule has 1 atom stereocenters. The van der Waals surface area contributed by atoms with Crippen molar-refractivity contribution in [1.82, 2.24) is 15.3 Å². The molecule has 3 N–H and O–H groups in total. The Morgan fingerprint density at radius 1 is 1.00 bits per heavy atom. The Morgan fingerprint density at radius 3 is 2.39 bits per heavy atom. The molecule has 4 rings (SSSR count). The SMILES string of the molecule is Cc1cccc(C)c1-c1cc(OCC(CC(C)C)NCc2ccc(Br)cc2)nc(NSc2cccc(C(=O)O)c2)n1. The number of ether oxygens (including phenoxy) is 1. The lowest BCUT2D eigenvalue weighted by Gasteiger charge is -2.21. The second-order valence-electron chi connectivity index (χ2n) is 10.4. The highest BCUT2D eigenvalue weighted by Crippen LogP contribution is 2.30. The number of anilines is 1. The van der Waals surface area contributed by atoms with Crippen LogP contribution in [-0.2, 0) is 6.54 Å². The van der Waals surface area contributed by atoms with E-state index in [0.717, 1.165) is 44.7 Å². The van der Waals surface area contributed by atoms with Crippen molar-refractivity contribution in [2.75, 3.05) is 11.3 Å². The summed E-state index contributed by atoms with van der Waals surface area (Å²) in [5.41, 5.74) is 5.44. The minimum Gasteiger partial charge on any atom is -0.478 e. The van der Waals surface area contributed by atoms with Gasteiger partial charge in [0.1, 0.15) is 6.61 Å². The van der Waals surface area contributed by atoms with Crippen molar-refractivity contribution in [2.24, 2.45) is 5.92 Å². The first-order valence-electron chi connectivity index (χ1n) is 13.5. The van der Waals surface area contributed by atoms with Crippen LogP contribution in [0.1, 0.15) is 47.3 Å². The fourth-order valence-corrected chi connectivity index (χ4v) is 5.42. The van der Waals surface area contributed by atoms with Crippen molar-refractivity contribution in [2.45, 2.75) is 51.6 Å². The molecule has 0 saturated carbocycles. The second kappa shape index (κ2) is 14.5. The van der Waals surface area contributed by atoms with Crippen LogP contribution in [0.15, 0.2) is 82.2 Å². The number of carboxylic acid groups (broad SMARTS) is 1. The van der Waals surface area contributed by atoms with Crippen LogP contribution in [0.5, 0.6) is 5.88 Å². The Hall–Kier alpha value is -3.40. The number of rotatable bonds is 13. The number of aromatic carboxylic acids is 1. The number of aryl methyl sites for hydroxylation is 2. The Labute approximate surface area is 254 Å². The minimum atomic E-state index is -0.971. The van der Waals surface area contributed by atoms with E-state index in [4.69, 9.17) is 9.72 Å². The smallest absolute Gasteiger partial charge is 0.335 e. The van der Waals surface area contributed by atoms with E-state index in [-0.39, 0.29) is 11.6 Å². The zero-order chi connectivity index (χ0) is 29.4. The lowest BCUT2D eigenvalue weighted by Crippen LogP contribution is -2.35. The van der Waals surface area contributed by atoms with E-state index in [1.54, 1.807) is 18.2 Å². The molecule has 3 aromatic carbocycles. The summed E-state index contributed by atoms with van der Waals surface area (Å²) in [6, 6.07) is 23.2. The molecule has 7 nitrogen and oxygen atoms in total. The molecule has 41 heavy (non-hydrogen) atoms. The summed E-state index contributed by atoms with van der Waals surface area (Å²) in [6.45, 7) is 9.73. The van der Waals surface area contributed by atoms with Crippen LogP contribution in [0.2, 0.25) is 0 Å². The van der Waals surface area contributed by atoms with Gasteiger partial charge in [-0.3, -0.25) is 4.72 Å². The summed E-state index contributed by atoms with van der Waals surface area (Å²) in [5.74, 6) is 0.376. The largest absolute Gasteiger partial charge is 0.478 e. The molecule has 0 aliphatic carbocycles. The molecule has 214 valence electrons. The number of benzene rings is 3. The highest BCUT2D eigenvalue weighted by molar-refractivity contribution is 9.10. The highest BCUT2D eigenvalue weighted by Gasteiger charge is 2.16. The first-order chi connectivity index (χ1) is 19.7. The molecule has 1 aromatic heterocycles. The van der Waals surface area contributed by atoms with Gasteiger partial charge in [-0.05, 0) is 85.2 Å². The Kier molecular flexibility index (Phi) is 10.8. The maximum absolute atomic E-state index is 11.4. The average Bonchev–Trinajstić information content (AvgIpc) is 2.94. The molecule has 0 fully saturated rings. The lowest BCUT2D eigenvalue weighted by atomic mass is 10.00. The molecule has 0 spiro atoms. The van der Waals surface area contributed by atoms with E-state index >= 15 is 0 Å². The van der Waals surface area contributed by atoms with Crippen LogP contribution in [0.3, 0.4) is 0 Å². The third kappa shape index (κ3) is 9.05. The van der Waals surface area contributed by atoms with Crippen LogP contribution < -0.4 is 14.8 Å². The third-order valence-electron chi connectivity index (χ3n) is 6.48. The van der Waals surface area contributed by atoms with Crippen molar-refractivity contribution in [3.63, 3.8) is 0 Å². The van der Waals surface area contributed by atoms with Crippen molar-refractivity contribution in [1.29, 1.82) is 0 Å². The first-order valence-corrected chi connectivity index (χ1v) is 15.1. The van der Waals surface area contributed by atoms with Gasteiger partial charge in [-0.2, -0.15) is 4.98 Å². The van der Waals surface area contributed by atoms with Crippen LogP contribution in [0.4, 0.5) is 5.95 Å². The predicted molar refractivity (Wildman–Crippen MR) is 170 cm³/mol. The fourth-order valence-electron chi connectivity index (χ4n) is 4.52. The van der Waals surface area contributed by atoms with E-state index in [1.165, 1.54) is 17.5 Å². The molecular weight excluding hydrogens is 600 g/mol. The summed E-state index contributed by atoms with van der Waals surface area (Å²) in [4.78, 5) is 21.6. The normalized spacial score (nSPS) is 11.9. The van der Waals surface area contributed by atoms with Crippen LogP contribution in [0.25, 0.3) is 11.3 Å². The Bertz CT molecular complexity index is 1460. The summed E-state index contributed by atoms with van der Waals surface area (Å²) >= 11 is 4.75. The zero-order valence-electron chi connectivity index (χ0n) is 23.6. The van der Waals surface area contributed by atoms with Gasteiger partial charge in [0.2, 0.25) is 11.8 Å². The molecular formula is C32H35BrN4O3S. The minimum absolute atomic E-state index is 0.127. The maximum Gasteiger partial charge on any atom is 0.335 e. The number of hydrogen-bond acceptors (Lipinski definition) is 7. The van der Waals surface area contributed by atoms with Gasteiger partial charge in [0.15, 0.2) is 0 Å². The molecule has 1 unspecified atom stereocenters. The second-order valence-corrected chi connectivity index (χ2v) is 12.2. The van der Waals surface area contributed by atoms with Crippen molar-refractivity contribution >= 4 is 39.8 Å². The van der Waals surface area contributed by atoms with E-state index in [2.05, 4.69) is 82.9 Å². The first kappa shape index (κ1) is 30.6. The van der Waals surface area contributed by atoms with Gasteiger partial charge in [-0.15, -0.1) is 0 Å². The Morgan fingerprint density at radius 2 is 1.71 bits per heavy atom. The standard InChI is InChI=1S/C32H35BrN4O3S/c1-20(2)15-26(34-18-23-11-13-25(33)14-12-23)19-40-29-17-28(30-21(3)7-5-8-22(30)4)35-32(36-29)37-41-27-10-6-9-24(16-27)31(38)39/h5-14,16-17,20,26,34H,15,18-19H2,1-4H3,(H,38,39)(H,35,36,37). The Balaban J connectivity index is 1.56. The number of carbonyl (C=O) groups is 1. The van der Waals surface area contributed by atoms with Gasteiger partial charge < -0.3 is 15.2 Å². The summed E-state index contributed by atoms with van der Waals surface area (Å²) in [6.07, 6.45) is 0.951. The quantitative estimate of drug-likeness (QED) is 0.128. The van der Waals surface area contributed by atoms with Crippen LogP contribution >= 0.6 is 27.9 Å². The van der Waals surface area contributed by atoms with E-state index in [1.807, 2.05) is 30.3 Å². The van der Waals surface area contributed by atoms with Crippen molar-refractivity contribution in [3.05, 3.63) is 99.5 Å². The van der Waals surface area contributed by atoms with Gasteiger partial charge >= 0.3 is 5.97 Å². The maximum atomic E-state index is 11.4. The number of aromatic nitrogens is 2. The molecule has 0 amide bonds. The van der Waals surface area contributed by atoms with E-state index in [0.29, 0.717) is 24.4 Å². The van der Waals surface area contributed by atoms with Gasteiger partial charge in [0.25, 0.3) is 0 Å². The summed E-state index contributed by atoms with van der Waals surface area (Å²) in [5, 5.41) is 13.0. The number of halogens is 1. The molecule has 0 aliphatic rings.